The van der Waals surface area contributed by atoms with Gasteiger partial charge >= 0.3 is 0 Å². The maximum Gasteiger partial charge on any atom is 0.269 e. The normalized spacial score (nSPS) is 11.2. The van der Waals surface area contributed by atoms with Crippen molar-refractivity contribution in [2.45, 2.75) is 32.7 Å². The Morgan fingerprint density at radius 1 is 1.04 bits per heavy atom. The Kier molecular flexibility index (Phi) is 5.02. The summed E-state index contributed by atoms with van der Waals surface area (Å²) in [5.41, 5.74) is 2.80. The predicted octanol–water partition coefficient (Wildman–Crippen LogP) is 4.16. The molecule has 0 spiro atoms. The molecule has 0 atom stereocenters. The third kappa shape index (κ3) is 4.19. The average Bonchev–Trinajstić information content (AvgIpc) is 2.54. The lowest BCUT2D eigenvalue weighted by Gasteiger charge is -2.21. The van der Waals surface area contributed by atoms with Crippen molar-refractivity contribution in [3.63, 3.8) is 0 Å². The van der Waals surface area contributed by atoms with Gasteiger partial charge in [0.15, 0.2) is 0 Å². The summed E-state index contributed by atoms with van der Waals surface area (Å²) in [4.78, 5) is 24.2. The van der Waals surface area contributed by atoms with Gasteiger partial charge in [-0.2, -0.15) is 0 Å². The van der Waals surface area contributed by atoms with Gasteiger partial charge in [0.2, 0.25) is 0 Å². The number of carbonyl (C=O) groups excluding carboxylic acids is 1. The zero-order chi connectivity index (χ0) is 17.9. The molecule has 2 aromatic rings. The van der Waals surface area contributed by atoms with Gasteiger partial charge in [-0.15, -0.1) is 0 Å². The average molecular weight is 326 g/mol. The topological polar surface area (TPSA) is 63.5 Å². The lowest BCUT2D eigenvalue weighted by molar-refractivity contribution is -0.384. The van der Waals surface area contributed by atoms with Crippen molar-refractivity contribution >= 4 is 11.6 Å². The van der Waals surface area contributed by atoms with Crippen molar-refractivity contribution in [2.75, 3.05) is 7.05 Å². The molecule has 0 aromatic heterocycles. The highest BCUT2D eigenvalue weighted by atomic mass is 16.6. The molecule has 0 aliphatic carbocycles. The molecular formula is C19H22N2O3. The van der Waals surface area contributed by atoms with E-state index in [9.17, 15) is 14.9 Å². The zero-order valence-electron chi connectivity index (χ0n) is 14.4. The summed E-state index contributed by atoms with van der Waals surface area (Å²) in [6, 6.07) is 13.9. The van der Waals surface area contributed by atoms with Crippen LogP contribution in [0.4, 0.5) is 5.69 Å². The highest BCUT2D eigenvalue weighted by Crippen LogP contribution is 2.22. The highest BCUT2D eigenvalue weighted by Gasteiger charge is 2.15. The SMILES string of the molecule is CN(Cc1ccc(C(C)(C)C)cc1)C(=O)c1ccc([N+](=O)[O-])cc1. The number of carbonyl (C=O) groups is 1. The molecule has 0 heterocycles. The number of rotatable bonds is 4. The van der Waals surface area contributed by atoms with Crippen molar-refractivity contribution in [1.29, 1.82) is 0 Å². The third-order valence-corrected chi connectivity index (χ3v) is 3.91. The molecule has 0 saturated carbocycles. The van der Waals surface area contributed by atoms with Gasteiger partial charge in [0.25, 0.3) is 11.6 Å². The van der Waals surface area contributed by atoms with Crippen LogP contribution in [0.2, 0.25) is 0 Å². The van der Waals surface area contributed by atoms with Crippen LogP contribution in [0.5, 0.6) is 0 Å². The second kappa shape index (κ2) is 6.83. The summed E-state index contributed by atoms with van der Waals surface area (Å²) in [6.07, 6.45) is 0. The molecule has 0 aliphatic rings. The monoisotopic (exact) mass is 326 g/mol. The van der Waals surface area contributed by atoms with Crippen LogP contribution in [0.1, 0.15) is 42.3 Å². The van der Waals surface area contributed by atoms with Crippen molar-refractivity contribution in [3.8, 4) is 0 Å². The Balaban J connectivity index is 2.07. The number of nitro groups is 1. The van der Waals surface area contributed by atoms with E-state index in [1.165, 1.54) is 29.8 Å². The van der Waals surface area contributed by atoms with Gasteiger partial charge in [0, 0.05) is 31.3 Å². The minimum absolute atomic E-state index is 0.0213. The van der Waals surface area contributed by atoms with E-state index in [0.29, 0.717) is 12.1 Å². The first kappa shape index (κ1) is 17.7. The standard InChI is InChI=1S/C19H22N2O3/c1-19(2,3)16-9-5-14(6-10-16)13-20(4)18(22)15-7-11-17(12-8-15)21(23)24/h5-12H,13H2,1-4H3. The minimum atomic E-state index is -0.477. The van der Waals surface area contributed by atoms with E-state index in [-0.39, 0.29) is 17.0 Å². The van der Waals surface area contributed by atoms with E-state index >= 15 is 0 Å². The smallest absolute Gasteiger partial charge is 0.269 e. The van der Waals surface area contributed by atoms with Gasteiger partial charge < -0.3 is 4.90 Å². The summed E-state index contributed by atoms with van der Waals surface area (Å²) >= 11 is 0. The van der Waals surface area contributed by atoms with Gasteiger partial charge in [-0.1, -0.05) is 45.0 Å². The van der Waals surface area contributed by atoms with Crippen LogP contribution in [0.25, 0.3) is 0 Å². The second-order valence-corrected chi connectivity index (χ2v) is 6.91. The molecule has 0 N–H and O–H groups in total. The van der Waals surface area contributed by atoms with Crippen LogP contribution in [0.15, 0.2) is 48.5 Å². The molecule has 0 saturated heterocycles. The number of nitro benzene ring substituents is 1. The van der Waals surface area contributed by atoms with Crippen LogP contribution in [-0.2, 0) is 12.0 Å². The molecule has 0 fully saturated rings. The Hall–Kier alpha value is -2.69. The van der Waals surface area contributed by atoms with Crippen molar-refractivity contribution in [2.24, 2.45) is 0 Å². The van der Waals surface area contributed by atoms with E-state index in [2.05, 4.69) is 32.9 Å². The van der Waals surface area contributed by atoms with Gasteiger partial charge in [-0.3, -0.25) is 14.9 Å². The number of hydrogen-bond acceptors (Lipinski definition) is 3. The summed E-state index contributed by atoms with van der Waals surface area (Å²) in [7, 11) is 1.72. The molecule has 5 heteroatoms. The Morgan fingerprint density at radius 3 is 2.04 bits per heavy atom. The molecule has 0 bridgehead atoms. The first-order valence-electron chi connectivity index (χ1n) is 7.78. The quantitative estimate of drug-likeness (QED) is 0.626. The van der Waals surface area contributed by atoms with Crippen LogP contribution in [0, 0.1) is 10.1 Å². The molecule has 0 aliphatic heterocycles. The fourth-order valence-electron chi connectivity index (χ4n) is 2.40. The number of hydrogen-bond donors (Lipinski definition) is 0. The Labute approximate surface area is 142 Å². The van der Waals surface area contributed by atoms with Crippen LogP contribution < -0.4 is 0 Å². The third-order valence-electron chi connectivity index (χ3n) is 3.91. The minimum Gasteiger partial charge on any atom is -0.337 e. The van der Waals surface area contributed by atoms with E-state index in [0.717, 1.165) is 5.56 Å². The molecule has 0 radical (unpaired) electrons. The molecule has 5 nitrogen and oxygen atoms in total. The van der Waals surface area contributed by atoms with E-state index in [1.807, 2.05) is 12.1 Å². The summed E-state index contributed by atoms with van der Waals surface area (Å²) in [6.45, 7) is 6.96. The summed E-state index contributed by atoms with van der Waals surface area (Å²) < 4.78 is 0. The maximum atomic E-state index is 12.4. The first-order valence-corrected chi connectivity index (χ1v) is 7.78. The molecule has 2 rings (SSSR count). The fraction of sp³-hybridized carbons (Fsp3) is 0.316. The van der Waals surface area contributed by atoms with Gasteiger partial charge in [0.1, 0.15) is 0 Å². The van der Waals surface area contributed by atoms with Gasteiger partial charge in [0.05, 0.1) is 4.92 Å². The van der Waals surface area contributed by atoms with Gasteiger partial charge in [-0.05, 0) is 28.7 Å². The first-order chi connectivity index (χ1) is 11.2. The molecule has 24 heavy (non-hydrogen) atoms. The number of non-ortho nitro benzene ring substituents is 1. The van der Waals surface area contributed by atoms with E-state index in [1.54, 1.807) is 11.9 Å². The lowest BCUT2D eigenvalue weighted by atomic mass is 9.87. The molecule has 1 amide bonds. The van der Waals surface area contributed by atoms with Crippen LogP contribution in [-0.4, -0.2) is 22.8 Å². The van der Waals surface area contributed by atoms with Crippen molar-refractivity contribution in [3.05, 3.63) is 75.3 Å². The maximum absolute atomic E-state index is 12.4. The van der Waals surface area contributed by atoms with Crippen LogP contribution in [0.3, 0.4) is 0 Å². The Bertz CT molecular complexity index is 729. The zero-order valence-corrected chi connectivity index (χ0v) is 14.4. The predicted molar refractivity (Wildman–Crippen MR) is 94.0 cm³/mol. The van der Waals surface area contributed by atoms with Gasteiger partial charge in [-0.25, -0.2) is 0 Å². The lowest BCUT2D eigenvalue weighted by Crippen LogP contribution is -2.26. The number of nitrogens with zero attached hydrogens (tertiary/aromatic N) is 2. The molecule has 2 aromatic carbocycles. The molecular weight excluding hydrogens is 304 g/mol. The van der Waals surface area contributed by atoms with E-state index < -0.39 is 4.92 Å². The number of benzene rings is 2. The largest absolute Gasteiger partial charge is 0.337 e. The highest BCUT2D eigenvalue weighted by molar-refractivity contribution is 5.94. The summed E-state index contributed by atoms with van der Waals surface area (Å²) in [5, 5.41) is 10.7. The second-order valence-electron chi connectivity index (χ2n) is 6.91. The van der Waals surface area contributed by atoms with Crippen molar-refractivity contribution < 1.29 is 9.72 Å². The Morgan fingerprint density at radius 2 is 1.58 bits per heavy atom. The number of amides is 1. The van der Waals surface area contributed by atoms with E-state index in [4.69, 9.17) is 0 Å². The molecule has 0 unspecified atom stereocenters. The van der Waals surface area contributed by atoms with Crippen molar-refractivity contribution in [1.82, 2.24) is 4.90 Å². The van der Waals surface area contributed by atoms with Crippen LogP contribution >= 0.6 is 0 Å². The fourth-order valence-corrected chi connectivity index (χ4v) is 2.40. The molecule has 126 valence electrons. The summed E-state index contributed by atoms with van der Waals surface area (Å²) in [5.74, 6) is -0.162.